The lowest BCUT2D eigenvalue weighted by Crippen LogP contribution is -2.14. The molecule has 1 saturated carbocycles. The summed E-state index contributed by atoms with van der Waals surface area (Å²) in [5.41, 5.74) is -0.124. The molecule has 0 spiro atoms. The lowest BCUT2D eigenvalue weighted by molar-refractivity contribution is 0.266. The van der Waals surface area contributed by atoms with Crippen molar-refractivity contribution in [2.75, 3.05) is 6.61 Å². The van der Waals surface area contributed by atoms with E-state index in [-0.39, 0.29) is 12.3 Å². The highest BCUT2D eigenvalue weighted by Gasteiger charge is 2.32. The largest absolute Gasteiger partial charge is 0.331 e. The normalized spacial score (nSPS) is 23.9. The van der Waals surface area contributed by atoms with Crippen molar-refractivity contribution in [1.82, 2.24) is 0 Å². The smallest absolute Gasteiger partial charge is 0.324 e. The molecule has 1 fully saturated rings. The highest BCUT2D eigenvalue weighted by Crippen LogP contribution is 2.52. The molecule has 14 heavy (non-hydrogen) atoms. The van der Waals surface area contributed by atoms with Gasteiger partial charge in [0.1, 0.15) is 0 Å². The van der Waals surface area contributed by atoms with Crippen LogP contribution in [-0.2, 0) is 9.09 Å². The fourth-order valence-corrected chi connectivity index (χ4v) is 3.29. The average molecular weight is 218 g/mol. The van der Waals surface area contributed by atoms with Gasteiger partial charge < -0.3 is 9.42 Å². The van der Waals surface area contributed by atoms with Gasteiger partial charge in [0.15, 0.2) is 0 Å². The molecular formula is C10H19O3P. The van der Waals surface area contributed by atoms with Crippen molar-refractivity contribution in [3.05, 3.63) is 12.2 Å². The van der Waals surface area contributed by atoms with Crippen LogP contribution >= 0.6 is 7.60 Å². The molecule has 82 valence electrons. The van der Waals surface area contributed by atoms with Crippen LogP contribution in [0.4, 0.5) is 0 Å². The van der Waals surface area contributed by atoms with Crippen molar-refractivity contribution >= 4 is 7.60 Å². The van der Waals surface area contributed by atoms with Gasteiger partial charge in [-0.2, -0.15) is 0 Å². The van der Waals surface area contributed by atoms with Crippen molar-refractivity contribution in [1.29, 1.82) is 0 Å². The van der Waals surface area contributed by atoms with Gasteiger partial charge in [0.2, 0.25) is 0 Å². The van der Waals surface area contributed by atoms with E-state index in [4.69, 9.17) is 4.52 Å². The van der Waals surface area contributed by atoms with Crippen molar-refractivity contribution in [3.8, 4) is 0 Å². The van der Waals surface area contributed by atoms with Crippen molar-refractivity contribution in [3.63, 3.8) is 0 Å². The van der Waals surface area contributed by atoms with Crippen molar-refractivity contribution in [2.24, 2.45) is 0 Å². The maximum atomic E-state index is 11.7. The fourth-order valence-electron chi connectivity index (χ4n) is 1.76. The number of rotatable bonds is 4. The van der Waals surface area contributed by atoms with Gasteiger partial charge in [0.25, 0.3) is 0 Å². The summed E-state index contributed by atoms with van der Waals surface area (Å²) in [5, 5.41) is 0. The molecule has 0 aromatic heterocycles. The third-order valence-electron chi connectivity index (χ3n) is 2.63. The first-order chi connectivity index (χ1) is 6.67. The fraction of sp³-hybridized carbons (Fsp3) is 0.800. The van der Waals surface area contributed by atoms with Crippen LogP contribution in [0.3, 0.4) is 0 Å². The summed E-state index contributed by atoms with van der Waals surface area (Å²) in [6, 6.07) is 0. The standard InChI is InChI=1S/C10H19O3P/c1-2-3-9-13-14(11,12)10-7-5-4-6-8-10/h2-3,10H,4-9H2,1H3,(H,11,12). The Labute approximate surface area is 85.7 Å². The molecular weight excluding hydrogens is 199 g/mol. The first-order valence-corrected chi connectivity index (χ1v) is 6.89. The molecule has 0 heterocycles. The zero-order valence-electron chi connectivity index (χ0n) is 8.69. The first-order valence-electron chi connectivity index (χ1n) is 5.25. The van der Waals surface area contributed by atoms with E-state index in [1.54, 1.807) is 6.08 Å². The Morgan fingerprint density at radius 1 is 1.43 bits per heavy atom. The Morgan fingerprint density at radius 2 is 2.07 bits per heavy atom. The van der Waals surface area contributed by atoms with Gasteiger partial charge >= 0.3 is 7.60 Å². The van der Waals surface area contributed by atoms with E-state index in [2.05, 4.69) is 0 Å². The van der Waals surface area contributed by atoms with Crippen LogP contribution in [0.15, 0.2) is 12.2 Å². The molecule has 4 heteroatoms. The summed E-state index contributed by atoms with van der Waals surface area (Å²) in [6.07, 6.45) is 8.55. The molecule has 1 aliphatic carbocycles. The SMILES string of the molecule is CC=CCOP(=O)(O)C1CCCCC1. The van der Waals surface area contributed by atoms with Gasteiger partial charge in [-0.15, -0.1) is 0 Å². The van der Waals surface area contributed by atoms with Crippen LogP contribution in [0.1, 0.15) is 39.0 Å². The molecule has 0 aromatic rings. The Kier molecular flexibility index (Phi) is 4.86. The number of allylic oxidation sites excluding steroid dienone is 1. The molecule has 0 aromatic carbocycles. The van der Waals surface area contributed by atoms with E-state index < -0.39 is 7.60 Å². The van der Waals surface area contributed by atoms with Gasteiger partial charge in [-0.05, 0) is 19.8 Å². The lowest BCUT2D eigenvalue weighted by Gasteiger charge is -2.25. The first kappa shape index (κ1) is 12.0. The molecule has 1 atom stereocenters. The van der Waals surface area contributed by atoms with E-state index in [1.807, 2.05) is 13.0 Å². The van der Waals surface area contributed by atoms with Gasteiger partial charge in [-0.25, -0.2) is 0 Å². The highest BCUT2D eigenvalue weighted by molar-refractivity contribution is 7.53. The molecule has 1 N–H and O–H groups in total. The zero-order chi connectivity index (χ0) is 10.4. The number of hydrogen-bond donors (Lipinski definition) is 1. The molecule has 1 rings (SSSR count). The summed E-state index contributed by atoms with van der Waals surface area (Å²) in [5.74, 6) is 0. The van der Waals surface area contributed by atoms with Gasteiger partial charge in [-0.1, -0.05) is 31.4 Å². The Balaban J connectivity index is 2.41. The quantitative estimate of drug-likeness (QED) is 0.582. The third-order valence-corrected chi connectivity index (χ3v) is 4.59. The maximum absolute atomic E-state index is 11.7. The Bertz CT molecular complexity index is 232. The lowest BCUT2D eigenvalue weighted by atomic mass is 10.0. The molecule has 0 aliphatic heterocycles. The van der Waals surface area contributed by atoms with Crippen molar-refractivity contribution in [2.45, 2.75) is 44.7 Å². The molecule has 0 bridgehead atoms. The second kappa shape index (κ2) is 5.69. The van der Waals surface area contributed by atoms with Crippen molar-refractivity contribution < 1.29 is 14.0 Å². The predicted octanol–water partition coefficient (Wildman–Crippen LogP) is 3.10. The Hall–Kier alpha value is -0.110. The summed E-state index contributed by atoms with van der Waals surface area (Å²) in [7, 11) is -3.35. The van der Waals surface area contributed by atoms with Gasteiger partial charge in [0.05, 0.1) is 12.3 Å². The van der Waals surface area contributed by atoms with Gasteiger partial charge in [0, 0.05) is 0 Å². The van der Waals surface area contributed by atoms with Crippen LogP contribution in [0.25, 0.3) is 0 Å². The molecule has 1 aliphatic rings. The van der Waals surface area contributed by atoms with Crippen LogP contribution in [0.5, 0.6) is 0 Å². The van der Waals surface area contributed by atoms with Gasteiger partial charge in [-0.3, -0.25) is 4.57 Å². The minimum atomic E-state index is -3.35. The van der Waals surface area contributed by atoms with Crippen LogP contribution in [-0.4, -0.2) is 17.2 Å². The molecule has 3 nitrogen and oxygen atoms in total. The summed E-state index contributed by atoms with van der Waals surface area (Å²) in [6.45, 7) is 2.12. The van der Waals surface area contributed by atoms with E-state index in [1.165, 1.54) is 6.42 Å². The molecule has 1 unspecified atom stereocenters. The second-order valence-electron chi connectivity index (χ2n) is 3.72. The molecule has 0 saturated heterocycles. The number of hydrogen-bond acceptors (Lipinski definition) is 2. The molecule has 0 amide bonds. The second-order valence-corrected chi connectivity index (χ2v) is 5.84. The minimum Gasteiger partial charge on any atom is -0.324 e. The third kappa shape index (κ3) is 3.56. The zero-order valence-corrected chi connectivity index (χ0v) is 9.58. The van der Waals surface area contributed by atoms with E-state index in [0.717, 1.165) is 25.7 Å². The summed E-state index contributed by atoms with van der Waals surface area (Å²) in [4.78, 5) is 9.67. The molecule has 0 radical (unpaired) electrons. The highest BCUT2D eigenvalue weighted by atomic mass is 31.2. The monoisotopic (exact) mass is 218 g/mol. The Morgan fingerprint density at radius 3 is 2.64 bits per heavy atom. The van der Waals surface area contributed by atoms with E-state index >= 15 is 0 Å². The topological polar surface area (TPSA) is 46.5 Å². The summed E-state index contributed by atoms with van der Waals surface area (Å²) < 4.78 is 16.8. The van der Waals surface area contributed by atoms with E-state index in [0.29, 0.717) is 0 Å². The summed E-state index contributed by atoms with van der Waals surface area (Å²) >= 11 is 0. The minimum absolute atomic E-state index is 0.124. The van der Waals surface area contributed by atoms with Crippen LogP contribution in [0.2, 0.25) is 0 Å². The predicted molar refractivity (Wildman–Crippen MR) is 57.5 cm³/mol. The van der Waals surface area contributed by atoms with Crippen LogP contribution in [0, 0.1) is 0 Å². The van der Waals surface area contributed by atoms with Crippen LogP contribution < -0.4 is 0 Å². The maximum Gasteiger partial charge on any atom is 0.331 e. The average Bonchev–Trinajstić information content (AvgIpc) is 2.19. The van der Waals surface area contributed by atoms with E-state index in [9.17, 15) is 9.46 Å².